The van der Waals surface area contributed by atoms with Crippen molar-refractivity contribution in [3.63, 3.8) is 0 Å². The van der Waals surface area contributed by atoms with Gasteiger partial charge in [0.2, 0.25) is 0 Å². The Hall–Kier alpha value is -1.49. The summed E-state index contributed by atoms with van der Waals surface area (Å²) < 4.78 is 7.07. The van der Waals surface area contributed by atoms with Crippen molar-refractivity contribution in [1.29, 1.82) is 0 Å². The zero-order valence-corrected chi connectivity index (χ0v) is 9.94. The van der Waals surface area contributed by atoms with Crippen molar-refractivity contribution in [1.82, 2.24) is 15.2 Å². The quantitative estimate of drug-likeness (QED) is 0.415. The van der Waals surface area contributed by atoms with Gasteiger partial charge < -0.3 is 19.9 Å². The Morgan fingerprint density at radius 3 is 2.56 bits per heavy atom. The van der Waals surface area contributed by atoms with Gasteiger partial charge in [0, 0.05) is 46.2 Å². The average Bonchev–Trinajstić information content (AvgIpc) is 2.80. The predicted molar refractivity (Wildman–Crippen MR) is 65.7 cm³/mol. The minimum Gasteiger partial charge on any atom is -0.383 e. The number of guanidine groups is 1. The first-order chi connectivity index (χ1) is 7.86. The highest BCUT2D eigenvalue weighted by Crippen LogP contribution is 1.87. The molecule has 0 saturated carbocycles. The van der Waals surface area contributed by atoms with E-state index in [-0.39, 0.29) is 0 Å². The van der Waals surface area contributed by atoms with Crippen LogP contribution in [0.3, 0.4) is 0 Å². The Morgan fingerprint density at radius 2 is 1.94 bits per heavy atom. The lowest BCUT2D eigenvalue weighted by Crippen LogP contribution is -2.40. The topological polar surface area (TPSA) is 50.6 Å². The smallest absolute Gasteiger partial charge is 0.191 e. The maximum absolute atomic E-state index is 4.95. The Balaban J connectivity index is 2.14. The van der Waals surface area contributed by atoms with Gasteiger partial charge in [-0.3, -0.25) is 4.99 Å². The minimum absolute atomic E-state index is 0.679. The van der Waals surface area contributed by atoms with E-state index in [1.165, 1.54) is 0 Å². The van der Waals surface area contributed by atoms with Gasteiger partial charge in [0.15, 0.2) is 5.96 Å². The first-order valence-electron chi connectivity index (χ1n) is 5.41. The van der Waals surface area contributed by atoms with Gasteiger partial charge in [0.25, 0.3) is 0 Å². The van der Waals surface area contributed by atoms with Gasteiger partial charge in [-0.15, -0.1) is 0 Å². The van der Waals surface area contributed by atoms with E-state index in [1.54, 1.807) is 14.2 Å². The second kappa shape index (κ2) is 7.76. The third-order valence-electron chi connectivity index (χ3n) is 2.15. The number of aromatic nitrogens is 1. The van der Waals surface area contributed by atoms with Crippen LogP contribution in [0, 0.1) is 0 Å². The molecule has 0 aliphatic rings. The number of aliphatic imine (C=N–C) groups is 1. The lowest BCUT2D eigenvalue weighted by Gasteiger charge is -2.11. The fraction of sp³-hybridized carbons (Fsp3) is 0.545. The molecule has 1 heterocycles. The number of rotatable bonds is 6. The van der Waals surface area contributed by atoms with Crippen LogP contribution in [0.4, 0.5) is 0 Å². The van der Waals surface area contributed by atoms with Crippen LogP contribution < -0.4 is 10.6 Å². The van der Waals surface area contributed by atoms with Crippen molar-refractivity contribution in [2.75, 3.05) is 33.9 Å². The van der Waals surface area contributed by atoms with Gasteiger partial charge in [-0.25, -0.2) is 0 Å². The number of hydrogen-bond donors (Lipinski definition) is 2. The molecule has 0 aliphatic carbocycles. The highest BCUT2D eigenvalue weighted by atomic mass is 16.5. The molecule has 0 radical (unpaired) electrons. The molecule has 2 N–H and O–H groups in total. The predicted octanol–water partition coefficient (Wildman–Crippen LogP) is 0.300. The molecule has 1 aromatic rings. The number of nitrogens with zero attached hydrogens (tertiary/aromatic N) is 2. The zero-order chi connectivity index (χ0) is 11.6. The van der Waals surface area contributed by atoms with Gasteiger partial charge in [0.1, 0.15) is 0 Å². The normalized spacial score (nSPS) is 11.5. The highest BCUT2D eigenvalue weighted by molar-refractivity contribution is 5.79. The van der Waals surface area contributed by atoms with Crippen LogP contribution in [0.5, 0.6) is 0 Å². The number of ether oxygens (including phenoxy) is 1. The van der Waals surface area contributed by atoms with Gasteiger partial charge in [-0.2, -0.15) is 0 Å². The largest absolute Gasteiger partial charge is 0.383 e. The van der Waals surface area contributed by atoms with E-state index >= 15 is 0 Å². The van der Waals surface area contributed by atoms with E-state index in [2.05, 4.69) is 20.2 Å². The van der Waals surface area contributed by atoms with Crippen molar-refractivity contribution < 1.29 is 4.74 Å². The summed E-state index contributed by atoms with van der Waals surface area (Å²) in [6.45, 7) is 3.22. The summed E-state index contributed by atoms with van der Waals surface area (Å²) in [7, 11) is 3.45. The van der Waals surface area contributed by atoms with E-state index < -0.39 is 0 Å². The van der Waals surface area contributed by atoms with Crippen LogP contribution in [0.25, 0.3) is 0 Å². The second-order valence-corrected chi connectivity index (χ2v) is 3.34. The maximum atomic E-state index is 4.95. The van der Waals surface area contributed by atoms with Gasteiger partial charge in [0.05, 0.1) is 6.61 Å². The standard InChI is InChI=1S/C11H20N4O/c1-12-11(14-6-10-16-2)13-5-9-15-7-3-4-8-15/h3-4,7-8H,5-6,9-10H2,1-2H3,(H2,12,13,14). The molecular formula is C11H20N4O. The maximum Gasteiger partial charge on any atom is 0.191 e. The monoisotopic (exact) mass is 224 g/mol. The molecule has 0 aliphatic heterocycles. The zero-order valence-electron chi connectivity index (χ0n) is 9.94. The molecule has 0 spiro atoms. The van der Waals surface area contributed by atoms with Crippen molar-refractivity contribution in [2.24, 2.45) is 4.99 Å². The van der Waals surface area contributed by atoms with Crippen molar-refractivity contribution >= 4 is 5.96 Å². The van der Waals surface area contributed by atoms with Crippen LogP contribution in [0.1, 0.15) is 0 Å². The molecule has 0 aromatic carbocycles. The Labute approximate surface area is 96.5 Å². The first kappa shape index (κ1) is 12.6. The summed E-state index contributed by atoms with van der Waals surface area (Å²) >= 11 is 0. The molecule has 0 saturated heterocycles. The Kier molecular flexibility index (Phi) is 6.10. The van der Waals surface area contributed by atoms with Crippen LogP contribution in [0.15, 0.2) is 29.5 Å². The van der Waals surface area contributed by atoms with E-state index in [1.807, 2.05) is 24.5 Å². The lowest BCUT2D eigenvalue weighted by atomic mass is 10.6. The SMILES string of the molecule is CN=C(NCCOC)NCCn1cccc1. The molecule has 0 unspecified atom stereocenters. The molecule has 1 rings (SSSR count). The summed E-state index contributed by atoms with van der Waals surface area (Å²) in [5, 5.41) is 6.38. The summed E-state index contributed by atoms with van der Waals surface area (Å²) in [6.07, 6.45) is 4.09. The van der Waals surface area contributed by atoms with Gasteiger partial charge in [-0.05, 0) is 12.1 Å². The fourth-order valence-electron chi connectivity index (χ4n) is 1.31. The van der Waals surface area contributed by atoms with Crippen LogP contribution in [0.2, 0.25) is 0 Å². The van der Waals surface area contributed by atoms with E-state index in [0.717, 1.165) is 25.6 Å². The average molecular weight is 224 g/mol. The number of nitrogens with one attached hydrogen (secondary N) is 2. The number of methoxy groups -OCH3 is 1. The molecule has 0 amide bonds. The molecule has 16 heavy (non-hydrogen) atoms. The molecule has 1 aromatic heterocycles. The number of hydrogen-bond acceptors (Lipinski definition) is 2. The van der Waals surface area contributed by atoms with Crippen molar-refractivity contribution in [2.45, 2.75) is 6.54 Å². The molecule has 90 valence electrons. The molecule has 5 heteroatoms. The lowest BCUT2D eigenvalue weighted by molar-refractivity contribution is 0.203. The molecule has 0 atom stereocenters. The first-order valence-corrected chi connectivity index (χ1v) is 5.41. The van der Waals surface area contributed by atoms with Crippen LogP contribution in [-0.2, 0) is 11.3 Å². The molecular weight excluding hydrogens is 204 g/mol. The van der Waals surface area contributed by atoms with Crippen molar-refractivity contribution in [3.8, 4) is 0 Å². The summed E-state index contributed by atoms with van der Waals surface area (Å²) in [6, 6.07) is 4.04. The Morgan fingerprint density at radius 1 is 1.25 bits per heavy atom. The van der Waals surface area contributed by atoms with Crippen LogP contribution in [-0.4, -0.2) is 44.4 Å². The third-order valence-corrected chi connectivity index (χ3v) is 2.15. The fourth-order valence-corrected chi connectivity index (χ4v) is 1.31. The molecule has 0 bridgehead atoms. The van der Waals surface area contributed by atoms with E-state index in [4.69, 9.17) is 4.74 Å². The van der Waals surface area contributed by atoms with Crippen LogP contribution >= 0.6 is 0 Å². The van der Waals surface area contributed by atoms with Crippen molar-refractivity contribution in [3.05, 3.63) is 24.5 Å². The van der Waals surface area contributed by atoms with E-state index in [0.29, 0.717) is 6.61 Å². The Bertz CT molecular complexity index is 295. The summed E-state index contributed by atoms with van der Waals surface area (Å²) in [5.74, 6) is 0.809. The molecule has 5 nitrogen and oxygen atoms in total. The summed E-state index contributed by atoms with van der Waals surface area (Å²) in [5.41, 5.74) is 0. The summed E-state index contributed by atoms with van der Waals surface area (Å²) in [4.78, 5) is 4.11. The van der Waals surface area contributed by atoms with E-state index in [9.17, 15) is 0 Å². The molecule has 0 fully saturated rings. The second-order valence-electron chi connectivity index (χ2n) is 3.34. The third kappa shape index (κ3) is 4.84. The van der Waals surface area contributed by atoms with Gasteiger partial charge in [-0.1, -0.05) is 0 Å². The highest BCUT2D eigenvalue weighted by Gasteiger charge is 1.95. The van der Waals surface area contributed by atoms with Gasteiger partial charge >= 0.3 is 0 Å². The minimum atomic E-state index is 0.679.